The SMILES string of the molecule is C=CP(N)(=O)O. The summed E-state index contributed by atoms with van der Waals surface area (Å²) in [6.45, 7) is 2.99. The molecule has 0 radical (unpaired) electrons. The minimum absolute atomic E-state index is 0.826. The lowest BCUT2D eigenvalue weighted by molar-refractivity contribution is 0.490. The third-order valence-corrected chi connectivity index (χ3v) is 0.785. The molecule has 0 aromatic carbocycles. The topological polar surface area (TPSA) is 63.3 Å². The molecule has 6 heavy (non-hydrogen) atoms. The predicted octanol–water partition coefficient (Wildman–Crippen LogP) is 0.274. The molecule has 0 aliphatic heterocycles. The highest BCUT2D eigenvalue weighted by Gasteiger charge is 1.97. The number of hydrogen-bond acceptors (Lipinski definition) is 1. The van der Waals surface area contributed by atoms with E-state index >= 15 is 0 Å². The average molecular weight is 107 g/mol. The molecule has 0 aromatic heterocycles. The van der Waals surface area contributed by atoms with Crippen molar-refractivity contribution in [1.29, 1.82) is 0 Å². The van der Waals surface area contributed by atoms with Gasteiger partial charge in [0.1, 0.15) is 0 Å². The van der Waals surface area contributed by atoms with Crippen LogP contribution in [0.25, 0.3) is 0 Å². The molecule has 0 heterocycles. The third-order valence-electron chi connectivity index (χ3n) is 0.262. The second-order valence-corrected chi connectivity index (χ2v) is 2.57. The summed E-state index contributed by atoms with van der Waals surface area (Å²) in [5.74, 6) is 0.826. The van der Waals surface area contributed by atoms with Crippen molar-refractivity contribution >= 4 is 7.52 Å². The summed E-state index contributed by atoms with van der Waals surface area (Å²) in [7, 11) is -3.38. The Morgan fingerprint density at radius 3 is 2.17 bits per heavy atom. The minimum Gasteiger partial charge on any atom is -0.331 e. The van der Waals surface area contributed by atoms with Crippen molar-refractivity contribution in [2.45, 2.75) is 0 Å². The maximum atomic E-state index is 9.80. The Bertz CT molecular complexity index is 93.7. The van der Waals surface area contributed by atoms with E-state index in [9.17, 15) is 4.57 Å². The zero-order chi connectivity index (χ0) is 5.21. The van der Waals surface area contributed by atoms with Crippen LogP contribution < -0.4 is 5.50 Å². The smallest absolute Gasteiger partial charge is 0.286 e. The Morgan fingerprint density at radius 1 is 2.00 bits per heavy atom. The van der Waals surface area contributed by atoms with E-state index in [1.807, 2.05) is 0 Å². The van der Waals surface area contributed by atoms with Gasteiger partial charge in [-0.3, -0.25) is 10.1 Å². The largest absolute Gasteiger partial charge is 0.331 e. The van der Waals surface area contributed by atoms with Gasteiger partial charge in [-0.05, 0) is 0 Å². The van der Waals surface area contributed by atoms with E-state index in [-0.39, 0.29) is 0 Å². The van der Waals surface area contributed by atoms with Crippen LogP contribution in [0.4, 0.5) is 0 Å². The highest BCUT2D eigenvalue weighted by atomic mass is 31.2. The Morgan fingerprint density at radius 2 is 2.17 bits per heavy atom. The Labute approximate surface area is 36.0 Å². The van der Waals surface area contributed by atoms with Gasteiger partial charge < -0.3 is 4.89 Å². The molecule has 3 nitrogen and oxygen atoms in total. The third kappa shape index (κ3) is 3.89. The molecule has 4 heteroatoms. The van der Waals surface area contributed by atoms with E-state index in [4.69, 9.17) is 4.89 Å². The van der Waals surface area contributed by atoms with Gasteiger partial charge in [0.05, 0.1) is 0 Å². The lowest BCUT2D eigenvalue weighted by Gasteiger charge is -1.89. The van der Waals surface area contributed by atoms with Crippen molar-refractivity contribution in [3.8, 4) is 0 Å². The molecule has 0 aromatic rings. The van der Waals surface area contributed by atoms with Gasteiger partial charge in [0.25, 0.3) is 7.52 Å². The summed E-state index contributed by atoms with van der Waals surface area (Å²) in [6.07, 6.45) is 0. The maximum absolute atomic E-state index is 9.80. The van der Waals surface area contributed by atoms with Crippen LogP contribution in [0.15, 0.2) is 12.4 Å². The first-order chi connectivity index (χ1) is 2.56. The fraction of sp³-hybridized carbons (Fsp3) is 0. The van der Waals surface area contributed by atoms with Gasteiger partial charge in [0, 0.05) is 5.82 Å². The Kier molecular flexibility index (Phi) is 1.53. The van der Waals surface area contributed by atoms with Gasteiger partial charge in [-0.1, -0.05) is 6.58 Å². The summed E-state index contributed by atoms with van der Waals surface area (Å²) >= 11 is 0. The highest BCUT2D eigenvalue weighted by Crippen LogP contribution is 2.29. The zero-order valence-corrected chi connectivity index (χ0v) is 4.06. The lowest BCUT2D eigenvalue weighted by atomic mass is 11.3. The molecule has 1 unspecified atom stereocenters. The molecule has 0 amide bonds. The summed E-state index contributed by atoms with van der Waals surface area (Å²) in [5.41, 5.74) is 4.53. The summed E-state index contributed by atoms with van der Waals surface area (Å²) in [6, 6.07) is 0. The van der Waals surface area contributed by atoms with Gasteiger partial charge in [0.2, 0.25) is 0 Å². The lowest BCUT2D eigenvalue weighted by Crippen LogP contribution is -1.85. The van der Waals surface area contributed by atoms with E-state index in [0.29, 0.717) is 0 Å². The van der Waals surface area contributed by atoms with Crippen LogP contribution in [0, 0.1) is 0 Å². The van der Waals surface area contributed by atoms with Crippen molar-refractivity contribution in [3.63, 3.8) is 0 Å². The fourth-order valence-corrected chi connectivity index (χ4v) is 0. The molecular formula is C2H6NO2P. The quantitative estimate of drug-likeness (QED) is 0.473. The standard InChI is InChI=1S/C2H6NO2P/c1-2-6(3,4)5/h2H,1H2,(H3,3,4,5). The van der Waals surface area contributed by atoms with Crippen molar-refractivity contribution < 1.29 is 9.46 Å². The number of nitrogens with two attached hydrogens (primary N) is 1. The fourth-order valence-electron chi connectivity index (χ4n) is 0. The first kappa shape index (κ1) is 5.89. The van der Waals surface area contributed by atoms with E-state index in [1.54, 1.807) is 0 Å². The molecular weight excluding hydrogens is 101 g/mol. The van der Waals surface area contributed by atoms with Gasteiger partial charge >= 0.3 is 0 Å². The Balaban J connectivity index is 3.81. The summed E-state index contributed by atoms with van der Waals surface area (Å²) in [4.78, 5) is 8.04. The monoisotopic (exact) mass is 107 g/mol. The van der Waals surface area contributed by atoms with Crippen LogP contribution in [-0.4, -0.2) is 4.89 Å². The van der Waals surface area contributed by atoms with Gasteiger partial charge in [-0.25, -0.2) is 0 Å². The molecule has 1 atom stereocenters. The summed E-state index contributed by atoms with van der Waals surface area (Å²) in [5, 5.41) is 0. The van der Waals surface area contributed by atoms with Crippen LogP contribution in [0.1, 0.15) is 0 Å². The number of hydrogen-bond donors (Lipinski definition) is 2. The molecule has 0 rings (SSSR count). The van der Waals surface area contributed by atoms with Crippen LogP contribution in [0.5, 0.6) is 0 Å². The second kappa shape index (κ2) is 1.56. The molecule has 0 aliphatic carbocycles. The van der Waals surface area contributed by atoms with E-state index in [1.165, 1.54) is 0 Å². The normalized spacial score (nSPS) is 19.0. The molecule has 3 N–H and O–H groups in total. The number of rotatable bonds is 1. The summed E-state index contributed by atoms with van der Waals surface area (Å²) < 4.78 is 9.80. The molecule has 0 bridgehead atoms. The Hall–Kier alpha value is -0.110. The molecule has 0 aliphatic rings. The van der Waals surface area contributed by atoms with Crippen molar-refractivity contribution in [2.75, 3.05) is 0 Å². The molecule has 0 saturated carbocycles. The first-order valence-electron chi connectivity index (χ1n) is 1.31. The van der Waals surface area contributed by atoms with Gasteiger partial charge in [-0.15, -0.1) is 0 Å². The minimum atomic E-state index is -3.38. The van der Waals surface area contributed by atoms with Crippen molar-refractivity contribution in [2.24, 2.45) is 5.50 Å². The zero-order valence-electron chi connectivity index (χ0n) is 3.16. The van der Waals surface area contributed by atoms with Crippen molar-refractivity contribution in [1.82, 2.24) is 0 Å². The van der Waals surface area contributed by atoms with E-state index < -0.39 is 7.52 Å². The van der Waals surface area contributed by atoms with Crippen LogP contribution >= 0.6 is 7.52 Å². The first-order valence-corrected chi connectivity index (χ1v) is 3.11. The maximum Gasteiger partial charge on any atom is 0.286 e. The predicted molar refractivity (Wildman–Crippen MR) is 24.2 cm³/mol. The van der Waals surface area contributed by atoms with E-state index in [2.05, 4.69) is 12.1 Å². The second-order valence-electron chi connectivity index (χ2n) is 0.855. The van der Waals surface area contributed by atoms with Gasteiger partial charge in [0.15, 0.2) is 0 Å². The molecule has 0 spiro atoms. The van der Waals surface area contributed by atoms with Crippen LogP contribution in [0.3, 0.4) is 0 Å². The van der Waals surface area contributed by atoms with Crippen LogP contribution in [-0.2, 0) is 4.57 Å². The highest BCUT2D eigenvalue weighted by molar-refractivity contribution is 7.58. The molecule has 0 fully saturated rings. The van der Waals surface area contributed by atoms with Crippen molar-refractivity contribution in [3.05, 3.63) is 12.4 Å². The average Bonchev–Trinajstić information content (AvgIpc) is 1.35. The van der Waals surface area contributed by atoms with E-state index in [0.717, 1.165) is 5.82 Å². The molecule has 0 saturated heterocycles. The molecule has 36 valence electrons. The van der Waals surface area contributed by atoms with Crippen LogP contribution in [0.2, 0.25) is 0 Å². The van der Waals surface area contributed by atoms with Gasteiger partial charge in [-0.2, -0.15) is 0 Å².